The number of rotatable bonds is 3. The minimum atomic E-state index is -0.295. The molecule has 138 valence electrons. The molecule has 2 aliphatic heterocycles. The number of aryl methyl sites for hydroxylation is 1. The smallest absolute Gasteiger partial charge is 0.318 e. The van der Waals surface area contributed by atoms with Crippen molar-refractivity contribution in [3.8, 4) is 0 Å². The molecular formula is C19H23FN4O2. The molecule has 1 N–H and O–H groups in total. The second kappa shape index (κ2) is 7.07. The van der Waals surface area contributed by atoms with Crippen molar-refractivity contribution in [2.45, 2.75) is 38.5 Å². The average molecular weight is 358 g/mol. The molecule has 7 heteroatoms. The quantitative estimate of drug-likeness (QED) is 0.918. The molecule has 0 aliphatic carbocycles. The van der Waals surface area contributed by atoms with E-state index in [2.05, 4.69) is 5.32 Å². The number of urea groups is 1. The van der Waals surface area contributed by atoms with Gasteiger partial charge in [-0.1, -0.05) is 12.1 Å². The molecule has 1 fully saturated rings. The molecule has 1 unspecified atom stereocenters. The van der Waals surface area contributed by atoms with Gasteiger partial charge in [0.1, 0.15) is 5.82 Å². The molecule has 3 heterocycles. The van der Waals surface area contributed by atoms with Crippen molar-refractivity contribution >= 4 is 6.03 Å². The second-order valence-corrected chi connectivity index (χ2v) is 6.88. The number of fused-ring (bicyclic) bond motifs is 1. The molecule has 2 aromatic rings. The number of nitrogens with one attached hydrogen (secondary N) is 1. The van der Waals surface area contributed by atoms with Gasteiger partial charge in [0.25, 0.3) is 0 Å². The number of hydrogen-bond acceptors (Lipinski definition) is 3. The maximum absolute atomic E-state index is 13.3. The van der Waals surface area contributed by atoms with Gasteiger partial charge >= 0.3 is 6.03 Å². The van der Waals surface area contributed by atoms with Crippen LogP contribution in [0.1, 0.15) is 41.4 Å². The molecule has 0 radical (unpaired) electrons. The van der Waals surface area contributed by atoms with Gasteiger partial charge in [0.2, 0.25) is 0 Å². The molecule has 4 rings (SSSR count). The highest BCUT2D eigenvalue weighted by Gasteiger charge is 2.35. The zero-order valence-electron chi connectivity index (χ0n) is 14.9. The van der Waals surface area contributed by atoms with Gasteiger partial charge < -0.3 is 15.0 Å². The first-order valence-corrected chi connectivity index (χ1v) is 9.05. The normalized spacial score (nSPS) is 19.5. The number of benzene rings is 1. The third-order valence-electron chi connectivity index (χ3n) is 5.20. The van der Waals surface area contributed by atoms with E-state index >= 15 is 0 Å². The molecule has 1 atom stereocenters. The van der Waals surface area contributed by atoms with Gasteiger partial charge in [-0.25, -0.2) is 9.18 Å². The van der Waals surface area contributed by atoms with Crippen molar-refractivity contribution in [1.82, 2.24) is 20.0 Å². The van der Waals surface area contributed by atoms with Gasteiger partial charge in [0.05, 0.1) is 24.9 Å². The number of ether oxygens (including phenoxy) is 1. The fourth-order valence-corrected chi connectivity index (χ4v) is 3.93. The molecule has 0 bridgehead atoms. The Balaban J connectivity index is 1.49. The first-order valence-electron chi connectivity index (χ1n) is 9.05. The highest BCUT2D eigenvalue weighted by atomic mass is 19.1. The van der Waals surface area contributed by atoms with Crippen LogP contribution in [-0.4, -0.2) is 33.9 Å². The number of hydrogen-bond donors (Lipinski definition) is 1. The molecule has 1 aromatic heterocycles. The topological polar surface area (TPSA) is 59.4 Å². The molecule has 2 aliphatic rings. The van der Waals surface area contributed by atoms with Gasteiger partial charge in [-0.15, -0.1) is 0 Å². The standard InChI is InChI=1S/C19H23FN4O2/c1-23-16-7-9-26-12-15(16)18(22-23)17-6-3-8-24(17)19(25)21-11-13-4-2-5-14(20)10-13/h2,4-5,10,17H,3,6-9,11-12H2,1H3,(H,21,25). The van der Waals surface area contributed by atoms with Crippen molar-refractivity contribution in [2.24, 2.45) is 7.05 Å². The number of carbonyl (C=O) groups is 1. The molecule has 26 heavy (non-hydrogen) atoms. The Morgan fingerprint density at radius 2 is 2.35 bits per heavy atom. The van der Waals surface area contributed by atoms with E-state index in [1.807, 2.05) is 16.6 Å². The Hall–Kier alpha value is -2.41. The summed E-state index contributed by atoms with van der Waals surface area (Å²) in [6.45, 7) is 2.29. The molecule has 6 nitrogen and oxygen atoms in total. The number of amides is 2. The Bertz CT molecular complexity index is 820. The summed E-state index contributed by atoms with van der Waals surface area (Å²) in [5.41, 5.74) is 4.05. The summed E-state index contributed by atoms with van der Waals surface area (Å²) in [6, 6.07) is 6.13. The summed E-state index contributed by atoms with van der Waals surface area (Å²) in [7, 11) is 1.96. The summed E-state index contributed by atoms with van der Waals surface area (Å²) in [4.78, 5) is 14.6. The van der Waals surface area contributed by atoms with Gasteiger partial charge in [0.15, 0.2) is 0 Å². The molecule has 0 spiro atoms. The lowest BCUT2D eigenvalue weighted by atomic mass is 10.0. The number of nitrogens with zero attached hydrogens (tertiary/aromatic N) is 3. The highest BCUT2D eigenvalue weighted by molar-refractivity contribution is 5.75. The van der Waals surface area contributed by atoms with Crippen molar-refractivity contribution in [3.63, 3.8) is 0 Å². The fraction of sp³-hybridized carbons (Fsp3) is 0.474. The van der Waals surface area contributed by atoms with E-state index in [1.54, 1.807) is 12.1 Å². The van der Waals surface area contributed by atoms with Gasteiger partial charge in [-0.2, -0.15) is 5.10 Å². The lowest BCUT2D eigenvalue weighted by molar-refractivity contribution is 0.107. The van der Waals surface area contributed by atoms with Crippen LogP contribution in [-0.2, 0) is 31.4 Å². The third kappa shape index (κ3) is 3.19. The van der Waals surface area contributed by atoms with Crippen LogP contribution in [0.3, 0.4) is 0 Å². The second-order valence-electron chi connectivity index (χ2n) is 6.88. The van der Waals surface area contributed by atoms with E-state index in [4.69, 9.17) is 9.84 Å². The lowest BCUT2D eigenvalue weighted by Crippen LogP contribution is -2.39. The Labute approximate surface area is 151 Å². The van der Waals surface area contributed by atoms with Crippen LogP contribution < -0.4 is 5.32 Å². The van der Waals surface area contributed by atoms with Crippen LogP contribution in [0, 0.1) is 5.82 Å². The number of likely N-dealkylation sites (tertiary alicyclic amines) is 1. The maximum atomic E-state index is 13.3. The minimum absolute atomic E-state index is 0.0286. The number of carbonyl (C=O) groups excluding carboxylic acids is 1. The molecule has 0 saturated carbocycles. The third-order valence-corrected chi connectivity index (χ3v) is 5.20. The Morgan fingerprint density at radius 1 is 1.46 bits per heavy atom. The summed E-state index contributed by atoms with van der Waals surface area (Å²) in [5, 5.41) is 7.61. The number of halogens is 1. The lowest BCUT2D eigenvalue weighted by Gasteiger charge is -2.25. The zero-order valence-corrected chi connectivity index (χ0v) is 14.9. The molecule has 1 aromatic carbocycles. The van der Waals surface area contributed by atoms with Crippen LogP contribution in [0.25, 0.3) is 0 Å². The van der Waals surface area contributed by atoms with Gasteiger partial charge in [0, 0.05) is 37.8 Å². The first-order chi connectivity index (χ1) is 12.6. The summed E-state index contributed by atoms with van der Waals surface area (Å²) >= 11 is 0. The van der Waals surface area contributed by atoms with Crippen molar-refractivity contribution in [3.05, 3.63) is 52.6 Å². The van der Waals surface area contributed by atoms with Crippen LogP contribution >= 0.6 is 0 Å². The summed E-state index contributed by atoms with van der Waals surface area (Å²) < 4.78 is 20.8. The van der Waals surface area contributed by atoms with Crippen molar-refractivity contribution in [2.75, 3.05) is 13.2 Å². The van der Waals surface area contributed by atoms with Crippen LogP contribution in [0.4, 0.5) is 9.18 Å². The predicted octanol–water partition coefficient (Wildman–Crippen LogP) is 2.68. The zero-order chi connectivity index (χ0) is 18.1. The number of aromatic nitrogens is 2. The molecule has 2 amide bonds. The summed E-state index contributed by atoms with van der Waals surface area (Å²) in [5.74, 6) is -0.295. The Morgan fingerprint density at radius 3 is 3.19 bits per heavy atom. The van der Waals surface area contributed by atoms with Crippen LogP contribution in [0.15, 0.2) is 24.3 Å². The fourth-order valence-electron chi connectivity index (χ4n) is 3.93. The summed E-state index contributed by atoms with van der Waals surface area (Å²) in [6.07, 6.45) is 2.71. The van der Waals surface area contributed by atoms with E-state index in [0.29, 0.717) is 26.3 Å². The van der Waals surface area contributed by atoms with Crippen molar-refractivity contribution < 1.29 is 13.9 Å². The molecule has 1 saturated heterocycles. The van der Waals surface area contributed by atoms with E-state index in [0.717, 1.165) is 36.1 Å². The average Bonchev–Trinajstić information content (AvgIpc) is 3.25. The van der Waals surface area contributed by atoms with Gasteiger partial charge in [-0.3, -0.25) is 4.68 Å². The largest absolute Gasteiger partial charge is 0.376 e. The van der Waals surface area contributed by atoms with Gasteiger partial charge in [-0.05, 0) is 30.5 Å². The first kappa shape index (κ1) is 17.0. The predicted molar refractivity (Wildman–Crippen MR) is 93.9 cm³/mol. The molecular weight excluding hydrogens is 335 g/mol. The van der Waals surface area contributed by atoms with E-state index in [1.165, 1.54) is 17.8 Å². The van der Waals surface area contributed by atoms with Crippen molar-refractivity contribution in [1.29, 1.82) is 0 Å². The van der Waals surface area contributed by atoms with E-state index in [9.17, 15) is 9.18 Å². The maximum Gasteiger partial charge on any atom is 0.318 e. The van der Waals surface area contributed by atoms with Crippen LogP contribution in [0.2, 0.25) is 0 Å². The monoisotopic (exact) mass is 358 g/mol. The SMILES string of the molecule is Cn1nc(C2CCCN2C(=O)NCc2cccc(F)c2)c2c1CCOC2. The van der Waals surface area contributed by atoms with Crippen LogP contribution in [0.5, 0.6) is 0 Å². The minimum Gasteiger partial charge on any atom is -0.376 e. The highest BCUT2D eigenvalue weighted by Crippen LogP contribution is 2.35. The Kier molecular flexibility index (Phi) is 4.63. The van der Waals surface area contributed by atoms with E-state index < -0.39 is 0 Å². The van der Waals surface area contributed by atoms with E-state index in [-0.39, 0.29) is 17.9 Å².